The van der Waals surface area contributed by atoms with E-state index in [4.69, 9.17) is 9.26 Å². The summed E-state index contributed by atoms with van der Waals surface area (Å²) in [5.41, 5.74) is 1.27. The van der Waals surface area contributed by atoms with E-state index in [1.54, 1.807) is 6.07 Å². The molecule has 8 heteroatoms. The molecule has 2 aliphatic rings. The molecule has 2 fully saturated rings. The van der Waals surface area contributed by atoms with Crippen molar-refractivity contribution in [2.75, 3.05) is 19.7 Å². The summed E-state index contributed by atoms with van der Waals surface area (Å²) >= 11 is 0. The molecule has 4 rings (SSSR count). The topological polar surface area (TPSA) is 97.1 Å². The summed E-state index contributed by atoms with van der Waals surface area (Å²) in [4.78, 5) is 18.8. The monoisotopic (exact) mass is 359 g/mol. The molecule has 1 N–H and O–H groups in total. The van der Waals surface area contributed by atoms with Crippen molar-refractivity contribution < 1.29 is 14.1 Å². The maximum Gasteiger partial charge on any atom is 0.274 e. The number of aromatic amines is 1. The Hall–Kier alpha value is -2.22. The summed E-state index contributed by atoms with van der Waals surface area (Å²) in [6.07, 6.45) is 4.57. The molecule has 2 aromatic rings. The van der Waals surface area contributed by atoms with Gasteiger partial charge in [0, 0.05) is 38.7 Å². The number of rotatable bonds is 3. The number of hydrogen-bond acceptors (Lipinski definition) is 6. The van der Waals surface area contributed by atoms with Crippen molar-refractivity contribution in [3.05, 3.63) is 29.2 Å². The fourth-order valence-corrected chi connectivity index (χ4v) is 4.14. The Morgan fingerprint density at radius 2 is 2.19 bits per heavy atom. The number of likely N-dealkylation sites (tertiary alicyclic amines) is 1. The van der Waals surface area contributed by atoms with E-state index < -0.39 is 0 Å². The molecule has 0 radical (unpaired) electrons. The van der Waals surface area contributed by atoms with Crippen LogP contribution in [0.4, 0.5) is 0 Å². The number of piperidine rings is 1. The quantitative estimate of drug-likeness (QED) is 0.901. The van der Waals surface area contributed by atoms with Crippen molar-refractivity contribution in [3.63, 3.8) is 0 Å². The van der Waals surface area contributed by atoms with Crippen LogP contribution >= 0.6 is 0 Å². The van der Waals surface area contributed by atoms with Gasteiger partial charge in [-0.15, -0.1) is 0 Å². The van der Waals surface area contributed by atoms with Crippen molar-refractivity contribution in [2.45, 2.75) is 51.6 Å². The van der Waals surface area contributed by atoms with E-state index in [-0.39, 0.29) is 11.5 Å². The number of nitrogens with one attached hydrogen (secondary N) is 1. The van der Waals surface area contributed by atoms with Gasteiger partial charge in [0.15, 0.2) is 5.82 Å². The Bertz CT molecular complexity index is 775. The van der Waals surface area contributed by atoms with E-state index in [9.17, 15) is 4.79 Å². The van der Waals surface area contributed by atoms with Crippen LogP contribution in [0.2, 0.25) is 0 Å². The molecule has 140 valence electrons. The molecule has 0 aliphatic carbocycles. The smallest absolute Gasteiger partial charge is 0.274 e. The van der Waals surface area contributed by atoms with E-state index in [0.717, 1.165) is 50.2 Å². The highest BCUT2D eigenvalue weighted by Gasteiger charge is 2.41. The lowest BCUT2D eigenvalue weighted by atomic mass is 9.78. The normalized spacial score (nSPS) is 22.7. The molecule has 8 nitrogen and oxygen atoms in total. The fourth-order valence-electron chi connectivity index (χ4n) is 4.14. The number of nitrogens with zero attached hydrogens (tertiary/aromatic N) is 4. The maximum absolute atomic E-state index is 12.6. The molecule has 0 saturated carbocycles. The summed E-state index contributed by atoms with van der Waals surface area (Å²) in [6.45, 7) is 5.89. The van der Waals surface area contributed by atoms with E-state index >= 15 is 0 Å². The Balaban J connectivity index is 1.35. The molecule has 1 spiro atoms. The van der Waals surface area contributed by atoms with Crippen molar-refractivity contribution in [3.8, 4) is 0 Å². The average molecular weight is 359 g/mol. The Kier molecular flexibility index (Phi) is 4.52. The minimum atomic E-state index is -0.125. The first-order valence-corrected chi connectivity index (χ1v) is 9.27. The first kappa shape index (κ1) is 17.2. The van der Waals surface area contributed by atoms with Gasteiger partial charge in [-0.2, -0.15) is 10.1 Å². The number of ether oxygens (including phenoxy) is 1. The SMILES string of the molecule is Cc1cc(C(=O)N2CCC3(CC2)CC(Cc2noc(C)n2)CCO3)n[nH]1. The second-order valence-corrected chi connectivity index (χ2v) is 7.55. The molecular formula is C18H25N5O3. The standard InChI is InChI=1S/C18H25N5O3/c1-12-9-15(21-20-12)17(24)23-6-4-18(5-7-23)11-14(3-8-25-18)10-16-19-13(2)26-22-16/h9,14H,3-8,10-11H2,1-2H3,(H,20,21). The number of aryl methyl sites for hydroxylation is 2. The summed E-state index contributed by atoms with van der Waals surface area (Å²) in [5, 5.41) is 10.9. The van der Waals surface area contributed by atoms with Crippen LogP contribution in [0.25, 0.3) is 0 Å². The van der Waals surface area contributed by atoms with Crippen LogP contribution in [0.3, 0.4) is 0 Å². The predicted octanol–water partition coefficient (Wildman–Crippen LogP) is 2.05. The lowest BCUT2D eigenvalue weighted by Crippen LogP contribution is -2.51. The van der Waals surface area contributed by atoms with Crippen LogP contribution in [0.5, 0.6) is 0 Å². The molecule has 0 bridgehead atoms. The largest absolute Gasteiger partial charge is 0.375 e. The third-order valence-electron chi connectivity index (χ3n) is 5.52. The van der Waals surface area contributed by atoms with Crippen LogP contribution in [-0.4, -0.2) is 56.4 Å². The van der Waals surface area contributed by atoms with Crippen molar-refractivity contribution in [2.24, 2.45) is 5.92 Å². The Labute approximate surface area is 152 Å². The highest BCUT2D eigenvalue weighted by molar-refractivity contribution is 5.92. The average Bonchev–Trinajstić information content (AvgIpc) is 3.23. The van der Waals surface area contributed by atoms with Crippen LogP contribution in [-0.2, 0) is 11.2 Å². The molecule has 1 unspecified atom stereocenters. The second-order valence-electron chi connectivity index (χ2n) is 7.55. The van der Waals surface area contributed by atoms with Crippen molar-refractivity contribution >= 4 is 5.91 Å². The van der Waals surface area contributed by atoms with Gasteiger partial charge in [-0.1, -0.05) is 5.16 Å². The molecule has 0 aromatic carbocycles. The molecule has 2 saturated heterocycles. The van der Waals surface area contributed by atoms with Gasteiger partial charge in [-0.3, -0.25) is 9.89 Å². The molecule has 4 heterocycles. The van der Waals surface area contributed by atoms with Gasteiger partial charge in [0.05, 0.1) is 5.60 Å². The van der Waals surface area contributed by atoms with E-state index in [0.29, 0.717) is 30.6 Å². The van der Waals surface area contributed by atoms with E-state index in [1.807, 2.05) is 18.7 Å². The second kappa shape index (κ2) is 6.83. The minimum absolute atomic E-state index is 0.00108. The number of H-pyrrole nitrogens is 1. The van der Waals surface area contributed by atoms with Gasteiger partial charge in [-0.25, -0.2) is 0 Å². The van der Waals surface area contributed by atoms with Gasteiger partial charge in [0.1, 0.15) is 5.69 Å². The summed E-state index contributed by atoms with van der Waals surface area (Å²) in [5.74, 6) is 1.89. The van der Waals surface area contributed by atoms with Crippen molar-refractivity contribution in [1.82, 2.24) is 25.2 Å². The van der Waals surface area contributed by atoms with Gasteiger partial charge in [0.25, 0.3) is 5.91 Å². The van der Waals surface area contributed by atoms with E-state index in [1.165, 1.54) is 0 Å². The molecule has 26 heavy (non-hydrogen) atoms. The van der Waals surface area contributed by atoms with Crippen molar-refractivity contribution in [1.29, 1.82) is 0 Å². The zero-order chi connectivity index (χ0) is 18.1. The predicted molar refractivity (Wildman–Crippen MR) is 92.6 cm³/mol. The fraction of sp³-hybridized carbons (Fsp3) is 0.667. The van der Waals surface area contributed by atoms with Gasteiger partial charge in [-0.05, 0) is 44.6 Å². The van der Waals surface area contributed by atoms with Gasteiger partial charge in [0.2, 0.25) is 5.89 Å². The molecule has 1 amide bonds. The zero-order valence-electron chi connectivity index (χ0n) is 15.3. The molecular weight excluding hydrogens is 334 g/mol. The number of hydrogen-bond donors (Lipinski definition) is 1. The highest BCUT2D eigenvalue weighted by Crippen LogP contribution is 2.38. The molecule has 2 aromatic heterocycles. The summed E-state index contributed by atoms with van der Waals surface area (Å²) in [7, 11) is 0. The number of carbonyl (C=O) groups is 1. The van der Waals surface area contributed by atoms with Crippen LogP contribution < -0.4 is 0 Å². The Morgan fingerprint density at radius 1 is 1.38 bits per heavy atom. The first-order chi connectivity index (χ1) is 12.5. The zero-order valence-corrected chi connectivity index (χ0v) is 15.3. The van der Waals surface area contributed by atoms with Gasteiger partial charge < -0.3 is 14.2 Å². The lowest BCUT2D eigenvalue weighted by Gasteiger charge is -2.46. The summed E-state index contributed by atoms with van der Waals surface area (Å²) < 4.78 is 11.3. The minimum Gasteiger partial charge on any atom is -0.375 e. The summed E-state index contributed by atoms with van der Waals surface area (Å²) in [6, 6.07) is 1.80. The third kappa shape index (κ3) is 3.51. The first-order valence-electron chi connectivity index (χ1n) is 9.27. The maximum atomic E-state index is 12.6. The number of aromatic nitrogens is 4. The van der Waals surface area contributed by atoms with Crippen LogP contribution in [0.15, 0.2) is 10.6 Å². The third-order valence-corrected chi connectivity index (χ3v) is 5.52. The molecule has 2 aliphatic heterocycles. The highest BCUT2D eigenvalue weighted by atomic mass is 16.5. The number of carbonyl (C=O) groups excluding carboxylic acids is 1. The van der Waals surface area contributed by atoms with Gasteiger partial charge >= 0.3 is 0 Å². The van der Waals surface area contributed by atoms with E-state index in [2.05, 4.69) is 20.3 Å². The lowest BCUT2D eigenvalue weighted by molar-refractivity contribution is -0.123. The molecule has 1 atom stereocenters. The van der Waals surface area contributed by atoms with Crippen LogP contribution in [0, 0.1) is 19.8 Å². The Morgan fingerprint density at radius 3 is 2.85 bits per heavy atom. The van der Waals surface area contributed by atoms with Crippen LogP contribution in [0.1, 0.15) is 53.6 Å². The number of amides is 1.